The van der Waals surface area contributed by atoms with Gasteiger partial charge >= 0.3 is 0 Å². The summed E-state index contributed by atoms with van der Waals surface area (Å²) in [6, 6.07) is 9.83. The van der Waals surface area contributed by atoms with Gasteiger partial charge in [0.25, 0.3) is 11.8 Å². The third-order valence-electron chi connectivity index (χ3n) is 5.49. The van der Waals surface area contributed by atoms with Gasteiger partial charge in [0.1, 0.15) is 6.04 Å². The number of rotatable bonds is 9. The van der Waals surface area contributed by atoms with Gasteiger partial charge in [-0.3, -0.25) is 19.3 Å². The number of thiazole rings is 1. The number of aromatic nitrogens is 1. The van der Waals surface area contributed by atoms with Crippen molar-refractivity contribution in [3.63, 3.8) is 0 Å². The Kier molecular flexibility index (Phi) is 6.66. The molecule has 2 heterocycles. The van der Waals surface area contributed by atoms with E-state index in [9.17, 15) is 22.8 Å². The van der Waals surface area contributed by atoms with Crippen molar-refractivity contribution in [2.75, 3.05) is 18.4 Å². The number of amides is 3. The van der Waals surface area contributed by atoms with E-state index in [-0.39, 0.29) is 34.2 Å². The molecule has 0 bridgehead atoms. The van der Waals surface area contributed by atoms with Gasteiger partial charge in [-0.15, -0.1) is 13.2 Å². The lowest BCUT2D eigenvalue weighted by atomic mass is 10.1. The number of nitrogens with one attached hydrogen (secondary N) is 1. The first-order valence-electron chi connectivity index (χ1n) is 10.6. The van der Waals surface area contributed by atoms with Gasteiger partial charge in [0.2, 0.25) is 15.9 Å². The molecule has 35 heavy (non-hydrogen) atoms. The lowest BCUT2D eigenvalue weighted by molar-refractivity contribution is -0.119. The predicted molar refractivity (Wildman–Crippen MR) is 134 cm³/mol. The van der Waals surface area contributed by atoms with Crippen molar-refractivity contribution < 1.29 is 22.8 Å². The minimum absolute atomic E-state index is 0.0784. The summed E-state index contributed by atoms with van der Waals surface area (Å²) in [5.41, 5.74) is 1.01. The minimum Gasteiger partial charge on any atom is -0.300 e. The Balaban J connectivity index is 1.55. The maximum Gasteiger partial charge on any atom is 0.262 e. The highest BCUT2D eigenvalue weighted by molar-refractivity contribution is 7.89. The summed E-state index contributed by atoms with van der Waals surface area (Å²) in [7, 11) is -3.79. The summed E-state index contributed by atoms with van der Waals surface area (Å²) in [6.45, 7) is 8.92. The number of carbonyl (C=O) groups excluding carboxylic acids is 3. The van der Waals surface area contributed by atoms with Crippen molar-refractivity contribution >= 4 is 54.4 Å². The van der Waals surface area contributed by atoms with Crippen molar-refractivity contribution in [3.05, 3.63) is 78.9 Å². The van der Waals surface area contributed by atoms with Crippen LogP contribution in [0.4, 0.5) is 5.13 Å². The van der Waals surface area contributed by atoms with Gasteiger partial charge < -0.3 is 5.32 Å². The van der Waals surface area contributed by atoms with E-state index in [2.05, 4.69) is 23.5 Å². The summed E-state index contributed by atoms with van der Waals surface area (Å²) >= 11 is 1.09. The lowest BCUT2D eigenvalue weighted by Crippen LogP contribution is -2.45. The fourth-order valence-electron chi connectivity index (χ4n) is 3.71. The number of imide groups is 1. The summed E-state index contributed by atoms with van der Waals surface area (Å²) < 4.78 is 27.8. The molecule has 1 aliphatic rings. The average molecular weight is 511 g/mol. The number of hydrogen-bond donors (Lipinski definition) is 1. The quantitative estimate of drug-likeness (QED) is 0.349. The molecule has 0 spiro atoms. The van der Waals surface area contributed by atoms with E-state index in [1.54, 1.807) is 30.3 Å². The maximum absolute atomic E-state index is 13.0. The van der Waals surface area contributed by atoms with Crippen molar-refractivity contribution in [1.82, 2.24) is 14.2 Å². The zero-order chi connectivity index (χ0) is 25.3. The molecule has 1 aliphatic heterocycles. The molecule has 3 amide bonds. The number of nitrogens with zero attached hydrogens (tertiary/aromatic N) is 3. The van der Waals surface area contributed by atoms with E-state index < -0.39 is 33.8 Å². The second-order valence-corrected chi connectivity index (χ2v) is 10.7. The molecule has 3 aromatic rings. The second kappa shape index (κ2) is 9.53. The molecule has 1 N–H and O–H groups in total. The molecule has 180 valence electrons. The van der Waals surface area contributed by atoms with Gasteiger partial charge in [0, 0.05) is 13.1 Å². The smallest absolute Gasteiger partial charge is 0.262 e. The van der Waals surface area contributed by atoms with E-state index in [1.165, 1.54) is 35.5 Å². The Morgan fingerprint density at radius 1 is 1.11 bits per heavy atom. The van der Waals surface area contributed by atoms with Gasteiger partial charge in [-0.05, 0) is 37.3 Å². The zero-order valence-electron chi connectivity index (χ0n) is 18.8. The SMILES string of the molecule is C=CCN(CC=C)S(=O)(=O)c1ccc2nc(NC(=O)C(C)N3C(=O)c4ccccc4C3=O)sc2c1. The number of fused-ring (bicyclic) bond motifs is 2. The first-order chi connectivity index (χ1) is 16.7. The van der Waals surface area contributed by atoms with E-state index in [1.807, 2.05) is 0 Å². The third kappa shape index (κ3) is 4.41. The first kappa shape index (κ1) is 24.5. The molecule has 11 heteroatoms. The topological polar surface area (TPSA) is 117 Å². The third-order valence-corrected chi connectivity index (χ3v) is 8.25. The molecule has 1 atom stereocenters. The highest BCUT2D eigenvalue weighted by Crippen LogP contribution is 2.30. The number of sulfonamides is 1. The van der Waals surface area contributed by atoms with Crippen LogP contribution >= 0.6 is 11.3 Å². The van der Waals surface area contributed by atoms with Crippen LogP contribution in [-0.4, -0.2) is 59.5 Å². The van der Waals surface area contributed by atoms with Crippen LogP contribution in [0.3, 0.4) is 0 Å². The predicted octanol–water partition coefficient (Wildman–Crippen LogP) is 3.28. The Hall–Kier alpha value is -3.67. The van der Waals surface area contributed by atoms with Crippen molar-refractivity contribution in [2.24, 2.45) is 0 Å². The summed E-state index contributed by atoms with van der Waals surface area (Å²) in [5.74, 6) is -1.65. The molecular formula is C24H22N4O5S2. The average Bonchev–Trinajstić information content (AvgIpc) is 3.35. The van der Waals surface area contributed by atoms with Crippen molar-refractivity contribution in [2.45, 2.75) is 17.9 Å². The van der Waals surface area contributed by atoms with Crippen LogP contribution in [0.25, 0.3) is 10.2 Å². The molecule has 0 fully saturated rings. The van der Waals surface area contributed by atoms with Crippen LogP contribution in [0.5, 0.6) is 0 Å². The number of anilines is 1. The molecule has 9 nitrogen and oxygen atoms in total. The van der Waals surface area contributed by atoms with Gasteiger partial charge in [-0.2, -0.15) is 4.31 Å². The Morgan fingerprint density at radius 2 is 1.71 bits per heavy atom. The Bertz CT molecular complexity index is 1430. The second-order valence-electron chi connectivity index (χ2n) is 7.74. The van der Waals surface area contributed by atoms with Crippen LogP contribution in [0.15, 0.2) is 72.7 Å². The summed E-state index contributed by atoms with van der Waals surface area (Å²) in [4.78, 5) is 43.5. The van der Waals surface area contributed by atoms with E-state index in [4.69, 9.17) is 0 Å². The van der Waals surface area contributed by atoms with Crippen molar-refractivity contribution in [3.8, 4) is 0 Å². The molecule has 0 saturated carbocycles. The van der Waals surface area contributed by atoms with Crippen LogP contribution in [0.2, 0.25) is 0 Å². The molecular weight excluding hydrogens is 488 g/mol. The van der Waals surface area contributed by atoms with Gasteiger partial charge in [-0.1, -0.05) is 35.6 Å². The van der Waals surface area contributed by atoms with Crippen molar-refractivity contribution in [1.29, 1.82) is 0 Å². The lowest BCUT2D eigenvalue weighted by Gasteiger charge is -2.21. The number of hydrogen-bond acceptors (Lipinski definition) is 7. The van der Waals surface area contributed by atoms with Crippen LogP contribution in [0.1, 0.15) is 27.6 Å². The van der Waals surface area contributed by atoms with Gasteiger partial charge in [0.05, 0.1) is 26.2 Å². The molecule has 1 aromatic heterocycles. The molecule has 1 unspecified atom stereocenters. The monoisotopic (exact) mass is 510 g/mol. The summed E-state index contributed by atoms with van der Waals surface area (Å²) in [5, 5.41) is 2.85. The fourth-order valence-corrected chi connectivity index (χ4v) is 6.10. The van der Waals surface area contributed by atoms with Gasteiger partial charge in [-0.25, -0.2) is 13.4 Å². The van der Waals surface area contributed by atoms with Crippen LogP contribution in [-0.2, 0) is 14.8 Å². The van der Waals surface area contributed by atoms with Crippen LogP contribution in [0, 0.1) is 0 Å². The Morgan fingerprint density at radius 3 is 2.29 bits per heavy atom. The van der Waals surface area contributed by atoms with E-state index in [0.29, 0.717) is 10.2 Å². The highest BCUT2D eigenvalue weighted by Gasteiger charge is 2.40. The normalized spacial score (nSPS) is 14.3. The molecule has 0 radical (unpaired) electrons. The first-order valence-corrected chi connectivity index (χ1v) is 12.8. The molecule has 0 saturated heterocycles. The van der Waals surface area contributed by atoms with Gasteiger partial charge in [0.15, 0.2) is 5.13 Å². The number of carbonyl (C=O) groups is 3. The standard InChI is InChI=1S/C24H22N4O5S2/c1-4-12-27(13-5-2)35(32,33)16-10-11-19-20(14-16)34-24(25-19)26-21(29)15(3)28-22(30)17-8-6-7-9-18(17)23(28)31/h4-11,14-15H,1-2,12-13H2,3H3,(H,25,26,29). The zero-order valence-corrected chi connectivity index (χ0v) is 20.4. The number of benzene rings is 2. The van der Waals surface area contributed by atoms with E-state index >= 15 is 0 Å². The molecule has 4 rings (SSSR count). The van der Waals surface area contributed by atoms with E-state index in [0.717, 1.165) is 16.2 Å². The molecule has 0 aliphatic carbocycles. The summed E-state index contributed by atoms with van der Waals surface area (Å²) in [6.07, 6.45) is 2.99. The fraction of sp³-hybridized carbons (Fsp3) is 0.167. The van der Waals surface area contributed by atoms with Crippen LogP contribution < -0.4 is 5.32 Å². The maximum atomic E-state index is 13.0. The molecule has 2 aromatic carbocycles. The highest BCUT2D eigenvalue weighted by atomic mass is 32.2. The Labute approximate surface area is 206 Å². The minimum atomic E-state index is -3.79. The largest absolute Gasteiger partial charge is 0.300 e.